The first-order chi connectivity index (χ1) is 7.65. The monoisotopic (exact) mass is 217 g/mol. The van der Waals surface area contributed by atoms with Gasteiger partial charge in [-0.2, -0.15) is 0 Å². The van der Waals surface area contributed by atoms with Gasteiger partial charge in [0.2, 0.25) is 0 Å². The molecular weight excluding hydrogens is 202 g/mol. The highest BCUT2D eigenvalue weighted by molar-refractivity contribution is 5.88. The number of carboxylic acids is 1. The molecule has 0 fully saturated rings. The summed E-state index contributed by atoms with van der Waals surface area (Å²) >= 11 is 0. The van der Waals surface area contributed by atoms with Crippen LogP contribution in [0.2, 0.25) is 0 Å². The van der Waals surface area contributed by atoms with Gasteiger partial charge in [0.25, 0.3) is 0 Å². The predicted octanol–water partition coefficient (Wildman–Crippen LogP) is 2.85. The number of rotatable bonds is 3. The van der Waals surface area contributed by atoms with E-state index in [4.69, 9.17) is 5.11 Å². The lowest BCUT2D eigenvalue weighted by Gasteiger charge is -2.11. The van der Waals surface area contributed by atoms with Gasteiger partial charge in [0.15, 0.2) is 0 Å². The van der Waals surface area contributed by atoms with E-state index in [1.54, 1.807) is 6.92 Å². The van der Waals surface area contributed by atoms with Gasteiger partial charge in [-0.05, 0) is 30.9 Å². The molecule has 0 saturated heterocycles. The molecule has 2 rings (SSSR count). The van der Waals surface area contributed by atoms with Crippen molar-refractivity contribution in [1.29, 1.82) is 0 Å². The molecule has 84 valence electrons. The highest BCUT2D eigenvalue weighted by Gasteiger charge is 2.17. The number of carboxylic acid groups (broad SMARTS) is 1. The smallest absolute Gasteiger partial charge is 0.310 e. The Morgan fingerprint density at radius 2 is 2.19 bits per heavy atom. The van der Waals surface area contributed by atoms with Crippen molar-refractivity contribution >= 4 is 16.9 Å². The average molecular weight is 217 g/mol. The second-order valence-electron chi connectivity index (χ2n) is 3.95. The van der Waals surface area contributed by atoms with Gasteiger partial charge in [-0.25, -0.2) is 0 Å². The topological polar surface area (TPSA) is 42.2 Å². The number of carbonyl (C=O) groups is 1. The molecule has 16 heavy (non-hydrogen) atoms. The molecule has 2 aromatic rings. The van der Waals surface area contributed by atoms with Crippen LogP contribution < -0.4 is 0 Å². The van der Waals surface area contributed by atoms with Crippen LogP contribution in [0.3, 0.4) is 0 Å². The van der Waals surface area contributed by atoms with Gasteiger partial charge in [0, 0.05) is 12.7 Å². The number of aryl methyl sites for hydroxylation is 1. The third kappa shape index (κ3) is 1.58. The van der Waals surface area contributed by atoms with Gasteiger partial charge in [-0.15, -0.1) is 0 Å². The van der Waals surface area contributed by atoms with Gasteiger partial charge in [-0.3, -0.25) is 4.79 Å². The SMILES string of the molecule is CCn1ccc2cccc(C(C)C(=O)O)c21. The Hall–Kier alpha value is -1.77. The maximum atomic E-state index is 11.1. The first-order valence-corrected chi connectivity index (χ1v) is 5.45. The minimum atomic E-state index is -0.781. The fourth-order valence-electron chi connectivity index (χ4n) is 2.04. The lowest BCUT2D eigenvalue weighted by molar-refractivity contribution is -0.138. The van der Waals surface area contributed by atoms with Crippen molar-refractivity contribution in [2.45, 2.75) is 26.3 Å². The highest BCUT2D eigenvalue weighted by atomic mass is 16.4. The number of aromatic nitrogens is 1. The third-order valence-corrected chi connectivity index (χ3v) is 3.00. The quantitative estimate of drug-likeness (QED) is 0.859. The molecule has 3 nitrogen and oxygen atoms in total. The van der Waals surface area contributed by atoms with Crippen LogP contribution in [0.5, 0.6) is 0 Å². The summed E-state index contributed by atoms with van der Waals surface area (Å²) in [5.41, 5.74) is 1.93. The maximum absolute atomic E-state index is 11.1. The summed E-state index contributed by atoms with van der Waals surface area (Å²) in [6.45, 7) is 4.64. The fraction of sp³-hybridized carbons (Fsp3) is 0.308. The Kier molecular flexibility index (Phi) is 2.69. The van der Waals surface area contributed by atoms with Crippen LogP contribution in [0.1, 0.15) is 25.3 Å². The summed E-state index contributed by atoms with van der Waals surface area (Å²) in [5, 5.41) is 10.2. The minimum absolute atomic E-state index is 0.469. The third-order valence-electron chi connectivity index (χ3n) is 3.00. The Morgan fingerprint density at radius 1 is 1.44 bits per heavy atom. The van der Waals surface area contributed by atoms with Gasteiger partial charge in [-0.1, -0.05) is 18.2 Å². The molecule has 1 atom stereocenters. The molecule has 0 aliphatic carbocycles. The molecule has 3 heteroatoms. The van der Waals surface area contributed by atoms with Gasteiger partial charge < -0.3 is 9.67 Å². The second kappa shape index (κ2) is 4.00. The van der Waals surface area contributed by atoms with E-state index in [-0.39, 0.29) is 0 Å². The van der Waals surface area contributed by atoms with E-state index in [0.29, 0.717) is 0 Å². The van der Waals surface area contributed by atoms with Crippen LogP contribution in [0, 0.1) is 0 Å². The van der Waals surface area contributed by atoms with Crippen molar-refractivity contribution in [3.8, 4) is 0 Å². The molecule has 0 saturated carbocycles. The zero-order valence-corrected chi connectivity index (χ0v) is 9.47. The molecule has 1 aromatic carbocycles. The molecule has 0 bridgehead atoms. The Morgan fingerprint density at radius 3 is 2.81 bits per heavy atom. The molecule has 0 spiro atoms. The van der Waals surface area contributed by atoms with E-state index in [2.05, 4.69) is 11.5 Å². The summed E-state index contributed by atoms with van der Waals surface area (Å²) in [5.74, 6) is -1.25. The standard InChI is InChI=1S/C13H15NO2/c1-3-14-8-7-10-5-4-6-11(12(10)14)9(2)13(15)16/h4-9H,3H2,1-2H3,(H,15,16). The van der Waals surface area contributed by atoms with Crippen molar-refractivity contribution in [1.82, 2.24) is 4.57 Å². The lowest BCUT2D eigenvalue weighted by Crippen LogP contribution is -2.09. The number of nitrogens with zero attached hydrogens (tertiary/aromatic N) is 1. The largest absolute Gasteiger partial charge is 0.481 e. The van der Waals surface area contributed by atoms with Crippen molar-refractivity contribution in [2.24, 2.45) is 0 Å². The van der Waals surface area contributed by atoms with Crippen LogP contribution in [0.4, 0.5) is 0 Å². The molecule has 1 unspecified atom stereocenters. The average Bonchev–Trinajstić information content (AvgIpc) is 2.70. The molecule has 1 heterocycles. The molecule has 0 amide bonds. The summed E-state index contributed by atoms with van der Waals surface area (Å²) in [4.78, 5) is 11.1. The minimum Gasteiger partial charge on any atom is -0.481 e. The molecule has 0 aliphatic rings. The Labute approximate surface area is 94.3 Å². The number of hydrogen-bond acceptors (Lipinski definition) is 1. The summed E-state index contributed by atoms with van der Waals surface area (Å²) in [7, 11) is 0. The first kappa shape index (κ1) is 10.7. The molecule has 0 aliphatic heterocycles. The second-order valence-corrected chi connectivity index (χ2v) is 3.95. The fourth-order valence-corrected chi connectivity index (χ4v) is 2.04. The number of hydrogen-bond donors (Lipinski definition) is 1. The molecular formula is C13H15NO2. The van der Waals surface area contributed by atoms with Crippen LogP contribution in [-0.4, -0.2) is 15.6 Å². The van der Waals surface area contributed by atoms with E-state index in [0.717, 1.165) is 23.0 Å². The zero-order valence-electron chi connectivity index (χ0n) is 9.47. The summed E-state index contributed by atoms with van der Waals surface area (Å²) < 4.78 is 2.09. The Bertz CT molecular complexity index is 528. The molecule has 0 radical (unpaired) electrons. The van der Waals surface area contributed by atoms with Crippen LogP contribution >= 0.6 is 0 Å². The number of aliphatic carboxylic acids is 1. The van der Waals surface area contributed by atoms with Gasteiger partial charge >= 0.3 is 5.97 Å². The lowest BCUT2D eigenvalue weighted by atomic mass is 9.99. The van der Waals surface area contributed by atoms with Gasteiger partial charge in [0.05, 0.1) is 11.4 Å². The van der Waals surface area contributed by atoms with Crippen molar-refractivity contribution in [3.05, 3.63) is 36.0 Å². The van der Waals surface area contributed by atoms with E-state index < -0.39 is 11.9 Å². The Balaban J connectivity index is 2.68. The van der Waals surface area contributed by atoms with Crippen molar-refractivity contribution in [2.75, 3.05) is 0 Å². The van der Waals surface area contributed by atoms with E-state index in [9.17, 15) is 4.79 Å². The van der Waals surface area contributed by atoms with E-state index in [1.165, 1.54) is 0 Å². The number of para-hydroxylation sites is 1. The first-order valence-electron chi connectivity index (χ1n) is 5.45. The van der Waals surface area contributed by atoms with Crippen LogP contribution in [0.15, 0.2) is 30.5 Å². The van der Waals surface area contributed by atoms with Gasteiger partial charge in [0.1, 0.15) is 0 Å². The van der Waals surface area contributed by atoms with Crippen molar-refractivity contribution in [3.63, 3.8) is 0 Å². The van der Waals surface area contributed by atoms with Crippen LogP contribution in [-0.2, 0) is 11.3 Å². The van der Waals surface area contributed by atoms with Crippen molar-refractivity contribution < 1.29 is 9.90 Å². The normalized spacial score (nSPS) is 12.9. The maximum Gasteiger partial charge on any atom is 0.310 e. The predicted molar refractivity (Wildman–Crippen MR) is 63.7 cm³/mol. The molecule has 1 aromatic heterocycles. The van der Waals surface area contributed by atoms with E-state index >= 15 is 0 Å². The van der Waals surface area contributed by atoms with Crippen LogP contribution in [0.25, 0.3) is 10.9 Å². The highest BCUT2D eigenvalue weighted by Crippen LogP contribution is 2.26. The summed E-state index contributed by atoms with van der Waals surface area (Å²) in [6, 6.07) is 7.85. The molecule has 1 N–H and O–H groups in total. The number of benzene rings is 1. The van der Waals surface area contributed by atoms with E-state index in [1.807, 2.05) is 30.5 Å². The zero-order chi connectivity index (χ0) is 11.7. The summed E-state index contributed by atoms with van der Waals surface area (Å²) in [6.07, 6.45) is 2.00. The number of fused-ring (bicyclic) bond motifs is 1.